The third kappa shape index (κ3) is 4.64. The lowest BCUT2D eigenvalue weighted by Gasteiger charge is -2.26. The van der Waals surface area contributed by atoms with Crippen LogP contribution in [0.4, 0.5) is 0 Å². The van der Waals surface area contributed by atoms with Crippen molar-refractivity contribution >= 4 is 17.7 Å². The highest BCUT2D eigenvalue weighted by molar-refractivity contribution is 7.99. The average Bonchev–Trinajstić information content (AvgIpc) is 2.97. The zero-order chi connectivity index (χ0) is 15.1. The van der Waals surface area contributed by atoms with E-state index in [1.165, 1.54) is 0 Å². The molecule has 1 saturated heterocycles. The van der Waals surface area contributed by atoms with E-state index >= 15 is 0 Å². The number of hydrogen-bond acceptors (Lipinski definition) is 4. The van der Waals surface area contributed by atoms with Gasteiger partial charge in [-0.05, 0) is 36.8 Å². The number of thioether (sulfide) groups is 1. The number of carbonyl (C=O) groups excluding carboxylic acids is 1. The Morgan fingerprint density at radius 2 is 2.14 bits per heavy atom. The fourth-order valence-corrected chi connectivity index (χ4v) is 3.74. The predicted molar refractivity (Wildman–Crippen MR) is 86.0 cm³/mol. The van der Waals surface area contributed by atoms with E-state index < -0.39 is 0 Å². The molecule has 0 aliphatic carbocycles. The second kappa shape index (κ2) is 7.71. The number of methoxy groups -OCH3 is 1. The van der Waals surface area contributed by atoms with Crippen molar-refractivity contribution in [2.75, 3.05) is 31.8 Å². The molecule has 5 heteroatoms. The highest BCUT2D eigenvalue weighted by Crippen LogP contribution is 2.30. The number of carbonyl (C=O) groups is 1. The summed E-state index contributed by atoms with van der Waals surface area (Å²) in [6.45, 7) is 3.19. The van der Waals surface area contributed by atoms with Gasteiger partial charge in [0.05, 0.1) is 18.6 Å². The minimum Gasteiger partial charge on any atom is -0.494 e. The first-order valence-electron chi connectivity index (χ1n) is 7.29. The van der Waals surface area contributed by atoms with Gasteiger partial charge in [-0.3, -0.25) is 4.79 Å². The number of hydrogen-bond donors (Lipinski definition) is 1. The Bertz CT molecular complexity index is 455. The van der Waals surface area contributed by atoms with Crippen LogP contribution >= 0.6 is 11.8 Å². The Hall–Kier alpha value is -1.20. The van der Waals surface area contributed by atoms with Crippen LogP contribution in [-0.2, 0) is 16.0 Å². The number of amides is 1. The van der Waals surface area contributed by atoms with Crippen molar-refractivity contribution < 1.29 is 14.3 Å². The molecule has 0 radical (unpaired) electrons. The largest absolute Gasteiger partial charge is 0.494 e. The van der Waals surface area contributed by atoms with E-state index in [0.29, 0.717) is 19.6 Å². The van der Waals surface area contributed by atoms with Crippen LogP contribution in [0, 0.1) is 0 Å². The van der Waals surface area contributed by atoms with Crippen molar-refractivity contribution in [2.24, 2.45) is 0 Å². The molecule has 4 nitrogen and oxygen atoms in total. The van der Waals surface area contributed by atoms with Gasteiger partial charge in [-0.2, -0.15) is 11.8 Å². The number of nitrogens with one attached hydrogen (secondary N) is 1. The summed E-state index contributed by atoms with van der Waals surface area (Å²) < 4.78 is 11.0. The molecule has 1 amide bonds. The summed E-state index contributed by atoms with van der Waals surface area (Å²) in [5.74, 6) is 2.92. The van der Waals surface area contributed by atoms with Crippen molar-refractivity contribution in [1.29, 1.82) is 0 Å². The summed E-state index contributed by atoms with van der Waals surface area (Å²) in [6, 6.07) is 7.66. The average molecular weight is 309 g/mol. The Labute approximate surface area is 130 Å². The van der Waals surface area contributed by atoms with Crippen LogP contribution in [0.15, 0.2) is 24.3 Å². The van der Waals surface area contributed by atoms with Gasteiger partial charge < -0.3 is 14.8 Å². The van der Waals surface area contributed by atoms with Crippen molar-refractivity contribution in [2.45, 2.75) is 25.4 Å². The zero-order valence-electron chi connectivity index (χ0n) is 12.7. The topological polar surface area (TPSA) is 47.6 Å². The SMILES string of the molecule is CCOc1ccc(CC(=O)NCC2(OC)CCSC2)cc1. The molecule has 2 rings (SSSR count). The Morgan fingerprint density at radius 3 is 2.71 bits per heavy atom. The van der Waals surface area contributed by atoms with Crippen LogP contribution in [0.25, 0.3) is 0 Å². The third-order valence-corrected chi connectivity index (χ3v) is 4.93. The summed E-state index contributed by atoms with van der Waals surface area (Å²) in [5, 5.41) is 3.00. The highest BCUT2D eigenvalue weighted by Gasteiger charge is 2.34. The fourth-order valence-electron chi connectivity index (χ4n) is 2.34. The van der Waals surface area contributed by atoms with Gasteiger partial charge in [-0.25, -0.2) is 0 Å². The quantitative estimate of drug-likeness (QED) is 0.839. The maximum absolute atomic E-state index is 12.0. The minimum atomic E-state index is -0.181. The molecule has 1 aliphatic rings. The standard InChI is InChI=1S/C16H23NO3S/c1-3-20-14-6-4-13(5-7-14)10-15(18)17-11-16(19-2)8-9-21-12-16/h4-7H,3,8-12H2,1-2H3,(H,17,18). The van der Waals surface area contributed by atoms with Crippen LogP contribution < -0.4 is 10.1 Å². The van der Waals surface area contributed by atoms with E-state index in [2.05, 4.69) is 5.32 Å². The van der Waals surface area contributed by atoms with E-state index in [9.17, 15) is 4.79 Å². The third-order valence-electron chi connectivity index (χ3n) is 3.71. The van der Waals surface area contributed by atoms with Crippen LogP contribution in [0.3, 0.4) is 0 Å². The molecule has 1 aliphatic heterocycles. The first kappa shape index (κ1) is 16.2. The lowest BCUT2D eigenvalue weighted by Crippen LogP contribution is -2.44. The van der Waals surface area contributed by atoms with Crippen LogP contribution in [0.2, 0.25) is 0 Å². The van der Waals surface area contributed by atoms with Crippen LogP contribution in [0.1, 0.15) is 18.9 Å². The van der Waals surface area contributed by atoms with E-state index in [4.69, 9.17) is 9.47 Å². The molecule has 0 spiro atoms. The number of ether oxygens (including phenoxy) is 2. The van der Waals surface area contributed by atoms with E-state index in [-0.39, 0.29) is 11.5 Å². The lowest BCUT2D eigenvalue weighted by atomic mass is 10.0. The fraction of sp³-hybridized carbons (Fsp3) is 0.562. The maximum Gasteiger partial charge on any atom is 0.224 e. The molecule has 1 heterocycles. The second-order valence-electron chi connectivity index (χ2n) is 5.22. The van der Waals surface area contributed by atoms with Gasteiger partial charge in [0.25, 0.3) is 0 Å². The molecule has 0 bridgehead atoms. The molecule has 1 N–H and O–H groups in total. The first-order chi connectivity index (χ1) is 10.2. The Kier molecular flexibility index (Phi) is 5.94. The Morgan fingerprint density at radius 1 is 1.38 bits per heavy atom. The molecule has 1 atom stereocenters. The highest BCUT2D eigenvalue weighted by atomic mass is 32.2. The summed E-state index contributed by atoms with van der Waals surface area (Å²) in [7, 11) is 1.73. The molecular formula is C16H23NO3S. The molecule has 1 aromatic rings. The molecule has 1 fully saturated rings. The van der Waals surface area contributed by atoms with Crippen molar-refractivity contribution in [1.82, 2.24) is 5.32 Å². The molecule has 1 unspecified atom stereocenters. The summed E-state index contributed by atoms with van der Waals surface area (Å²) in [6.07, 6.45) is 1.39. The summed E-state index contributed by atoms with van der Waals surface area (Å²) in [5.41, 5.74) is 0.808. The molecule has 21 heavy (non-hydrogen) atoms. The lowest BCUT2D eigenvalue weighted by molar-refractivity contribution is -0.121. The van der Waals surface area contributed by atoms with E-state index in [1.807, 2.05) is 43.0 Å². The van der Waals surface area contributed by atoms with Crippen molar-refractivity contribution in [3.8, 4) is 5.75 Å². The van der Waals surface area contributed by atoms with Gasteiger partial charge in [-0.1, -0.05) is 12.1 Å². The minimum absolute atomic E-state index is 0.0347. The summed E-state index contributed by atoms with van der Waals surface area (Å²) in [4.78, 5) is 12.0. The van der Waals surface area contributed by atoms with E-state index in [0.717, 1.165) is 29.2 Å². The van der Waals surface area contributed by atoms with Gasteiger partial charge in [0.1, 0.15) is 5.75 Å². The van der Waals surface area contributed by atoms with Gasteiger partial charge in [0.2, 0.25) is 5.91 Å². The van der Waals surface area contributed by atoms with Crippen LogP contribution in [-0.4, -0.2) is 43.3 Å². The van der Waals surface area contributed by atoms with Crippen LogP contribution in [0.5, 0.6) is 5.75 Å². The van der Waals surface area contributed by atoms with Gasteiger partial charge in [0.15, 0.2) is 0 Å². The van der Waals surface area contributed by atoms with E-state index in [1.54, 1.807) is 7.11 Å². The van der Waals surface area contributed by atoms with Crippen molar-refractivity contribution in [3.63, 3.8) is 0 Å². The molecule has 116 valence electrons. The predicted octanol–water partition coefficient (Wildman–Crippen LogP) is 2.27. The second-order valence-corrected chi connectivity index (χ2v) is 6.33. The molecule has 0 aromatic heterocycles. The Balaban J connectivity index is 1.81. The summed E-state index contributed by atoms with van der Waals surface area (Å²) >= 11 is 1.88. The molecule has 1 aromatic carbocycles. The zero-order valence-corrected chi connectivity index (χ0v) is 13.5. The number of rotatable bonds is 7. The molecular weight excluding hydrogens is 286 g/mol. The normalized spacial score (nSPS) is 21.2. The van der Waals surface area contributed by atoms with Gasteiger partial charge >= 0.3 is 0 Å². The van der Waals surface area contributed by atoms with Gasteiger partial charge in [-0.15, -0.1) is 0 Å². The van der Waals surface area contributed by atoms with Gasteiger partial charge in [0, 0.05) is 19.4 Å². The smallest absolute Gasteiger partial charge is 0.224 e. The monoisotopic (exact) mass is 309 g/mol. The molecule has 0 saturated carbocycles. The maximum atomic E-state index is 12.0. The number of benzene rings is 1. The van der Waals surface area contributed by atoms with Crippen molar-refractivity contribution in [3.05, 3.63) is 29.8 Å². The first-order valence-corrected chi connectivity index (χ1v) is 8.44.